The van der Waals surface area contributed by atoms with E-state index < -0.39 is 17.9 Å². The maximum atomic E-state index is 12.4. The Morgan fingerprint density at radius 2 is 1.78 bits per heavy atom. The number of allylic oxidation sites excluding steroid dienone is 2. The van der Waals surface area contributed by atoms with Crippen molar-refractivity contribution >= 4 is 34.5 Å². The number of benzene rings is 1. The molecule has 1 aromatic carbocycles. The van der Waals surface area contributed by atoms with Gasteiger partial charge in [-0.2, -0.15) is 0 Å². The summed E-state index contributed by atoms with van der Waals surface area (Å²) in [7, 11) is 2.44. The van der Waals surface area contributed by atoms with E-state index in [1.54, 1.807) is 36.6 Å². The van der Waals surface area contributed by atoms with Crippen LogP contribution in [-0.2, 0) is 19.1 Å². The van der Waals surface area contributed by atoms with Crippen LogP contribution in [0.4, 0.5) is 5.69 Å². The third-order valence-electron chi connectivity index (χ3n) is 4.00. The first-order chi connectivity index (χ1) is 13.0. The summed E-state index contributed by atoms with van der Waals surface area (Å²) in [5.41, 5.74) is 1.25. The van der Waals surface area contributed by atoms with Crippen molar-refractivity contribution < 1.29 is 29.0 Å². The van der Waals surface area contributed by atoms with E-state index in [0.717, 1.165) is 0 Å². The van der Waals surface area contributed by atoms with Crippen molar-refractivity contribution in [2.45, 2.75) is 0 Å². The SMILES string of the molecule is COC(=O)C1=C(C(=O)OC)N(c2ccc3[nH]c(C(=O)O)cc3c2)C=CC=C1. The van der Waals surface area contributed by atoms with Crippen LogP contribution in [0, 0.1) is 0 Å². The highest BCUT2D eigenvalue weighted by Gasteiger charge is 2.27. The zero-order valence-electron chi connectivity index (χ0n) is 14.6. The smallest absolute Gasteiger partial charge is 0.355 e. The van der Waals surface area contributed by atoms with Crippen molar-refractivity contribution in [2.24, 2.45) is 0 Å². The predicted molar refractivity (Wildman–Crippen MR) is 97.1 cm³/mol. The minimum absolute atomic E-state index is 0.0114. The maximum absolute atomic E-state index is 12.4. The lowest BCUT2D eigenvalue weighted by atomic mass is 10.1. The van der Waals surface area contributed by atoms with Crippen LogP contribution in [0.5, 0.6) is 0 Å². The van der Waals surface area contributed by atoms with Gasteiger partial charge in [-0.15, -0.1) is 0 Å². The van der Waals surface area contributed by atoms with Gasteiger partial charge >= 0.3 is 17.9 Å². The van der Waals surface area contributed by atoms with Crippen molar-refractivity contribution in [1.29, 1.82) is 0 Å². The van der Waals surface area contributed by atoms with Crippen LogP contribution in [-0.4, -0.2) is 42.2 Å². The summed E-state index contributed by atoms with van der Waals surface area (Å²) >= 11 is 0. The molecular weight excluding hydrogens is 352 g/mol. The van der Waals surface area contributed by atoms with Crippen LogP contribution in [0.25, 0.3) is 10.9 Å². The number of nitrogens with one attached hydrogen (secondary N) is 1. The van der Waals surface area contributed by atoms with Crippen LogP contribution < -0.4 is 4.90 Å². The monoisotopic (exact) mass is 368 g/mol. The molecule has 0 unspecified atom stereocenters. The molecule has 8 nitrogen and oxygen atoms in total. The van der Waals surface area contributed by atoms with Crippen molar-refractivity contribution in [2.75, 3.05) is 19.1 Å². The number of carbonyl (C=O) groups is 3. The number of aromatic nitrogens is 1. The van der Waals surface area contributed by atoms with Gasteiger partial charge in [0.1, 0.15) is 11.4 Å². The fourth-order valence-corrected chi connectivity index (χ4v) is 2.75. The van der Waals surface area contributed by atoms with E-state index in [1.165, 1.54) is 31.3 Å². The van der Waals surface area contributed by atoms with Gasteiger partial charge in [-0.25, -0.2) is 14.4 Å². The van der Waals surface area contributed by atoms with E-state index in [9.17, 15) is 14.4 Å². The van der Waals surface area contributed by atoms with Gasteiger partial charge in [0.2, 0.25) is 0 Å². The number of hydrogen-bond acceptors (Lipinski definition) is 6. The molecule has 1 aliphatic rings. The van der Waals surface area contributed by atoms with Gasteiger partial charge in [0, 0.05) is 22.8 Å². The molecule has 0 saturated heterocycles. The largest absolute Gasteiger partial charge is 0.477 e. The quantitative estimate of drug-likeness (QED) is 0.797. The molecule has 2 N–H and O–H groups in total. The van der Waals surface area contributed by atoms with Crippen molar-refractivity contribution in [1.82, 2.24) is 4.98 Å². The van der Waals surface area contributed by atoms with Gasteiger partial charge in [-0.3, -0.25) is 0 Å². The summed E-state index contributed by atoms with van der Waals surface area (Å²) < 4.78 is 9.62. The van der Waals surface area contributed by atoms with Crippen LogP contribution in [0.3, 0.4) is 0 Å². The molecule has 138 valence electrons. The van der Waals surface area contributed by atoms with Gasteiger partial charge in [0.15, 0.2) is 0 Å². The Labute approximate surface area is 154 Å². The fraction of sp³-hybridized carbons (Fsp3) is 0.105. The Morgan fingerprint density at radius 1 is 1.04 bits per heavy atom. The van der Waals surface area contributed by atoms with Gasteiger partial charge in [0.25, 0.3) is 0 Å². The highest BCUT2D eigenvalue weighted by molar-refractivity contribution is 6.06. The lowest BCUT2D eigenvalue weighted by Crippen LogP contribution is -2.26. The van der Waals surface area contributed by atoms with E-state index in [2.05, 4.69) is 4.98 Å². The van der Waals surface area contributed by atoms with Crippen molar-refractivity contribution in [3.63, 3.8) is 0 Å². The van der Waals surface area contributed by atoms with Gasteiger partial charge in [-0.1, -0.05) is 6.08 Å². The van der Waals surface area contributed by atoms with Crippen LogP contribution >= 0.6 is 0 Å². The topological polar surface area (TPSA) is 109 Å². The number of aromatic amines is 1. The minimum atomic E-state index is -1.07. The van der Waals surface area contributed by atoms with E-state index in [0.29, 0.717) is 16.6 Å². The second-order valence-corrected chi connectivity index (χ2v) is 5.58. The standard InChI is InChI=1S/C19H16N2O6/c1-26-18(24)13-5-3-4-8-21(16(13)19(25)27-2)12-6-7-14-11(9-12)10-15(20-14)17(22)23/h3-10,20H,1-2H3,(H,22,23). The molecule has 8 heteroatoms. The van der Waals surface area contributed by atoms with Crippen molar-refractivity contribution in [3.05, 3.63) is 65.7 Å². The summed E-state index contributed by atoms with van der Waals surface area (Å²) in [6.45, 7) is 0. The lowest BCUT2D eigenvalue weighted by molar-refractivity contribution is -0.139. The summed E-state index contributed by atoms with van der Waals surface area (Å²) in [5, 5.41) is 9.77. The Balaban J connectivity index is 2.17. The Bertz CT molecular complexity index is 1030. The number of anilines is 1. The van der Waals surface area contributed by atoms with E-state index in [4.69, 9.17) is 14.6 Å². The fourth-order valence-electron chi connectivity index (χ4n) is 2.75. The molecule has 0 saturated carbocycles. The predicted octanol–water partition coefficient (Wildman–Crippen LogP) is 2.36. The van der Waals surface area contributed by atoms with Gasteiger partial charge in [0.05, 0.1) is 19.8 Å². The van der Waals surface area contributed by atoms with Crippen molar-refractivity contribution in [3.8, 4) is 0 Å². The summed E-state index contributed by atoms with van der Waals surface area (Å²) in [5.74, 6) is -2.47. The molecule has 0 aliphatic carbocycles. The molecule has 1 aliphatic heterocycles. The zero-order valence-corrected chi connectivity index (χ0v) is 14.6. The molecule has 0 atom stereocenters. The molecule has 0 radical (unpaired) electrons. The van der Waals surface area contributed by atoms with Crippen LogP contribution in [0.15, 0.2) is 60.0 Å². The lowest BCUT2D eigenvalue weighted by Gasteiger charge is -2.23. The zero-order chi connectivity index (χ0) is 19.6. The molecule has 1 aromatic heterocycles. The number of nitrogens with zero attached hydrogens (tertiary/aromatic N) is 1. The second kappa shape index (κ2) is 7.20. The maximum Gasteiger partial charge on any atom is 0.355 e. The number of carboxylic acid groups (broad SMARTS) is 1. The molecular formula is C19H16N2O6. The van der Waals surface area contributed by atoms with Gasteiger partial charge < -0.3 is 24.5 Å². The molecule has 2 aromatic rings. The average molecular weight is 368 g/mol. The number of carbonyl (C=O) groups excluding carboxylic acids is 2. The highest BCUT2D eigenvalue weighted by atomic mass is 16.5. The van der Waals surface area contributed by atoms with E-state index in [-0.39, 0.29) is 17.0 Å². The summed E-state index contributed by atoms with van der Waals surface area (Å²) in [6, 6.07) is 6.57. The highest BCUT2D eigenvalue weighted by Crippen LogP contribution is 2.29. The number of ether oxygens (including phenoxy) is 2. The number of methoxy groups -OCH3 is 2. The number of esters is 2. The number of H-pyrrole nitrogens is 1. The molecule has 0 bridgehead atoms. The first-order valence-corrected chi connectivity index (χ1v) is 7.87. The third-order valence-corrected chi connectivity index (χ3v) is 4.00. The normalized spacial score (nSPS) is 13.6. The van der Waals surface area contributed by atoms with E-state index >= 15 is 0 Å². The Hall–Kier alpha value is -3.81. The second-order valence-electron chi connectivity index (χ2n) is 5.58. The number of hydrogen-bond donors (Lipinski definition) is 2. The minimum Gasteiger partial charge on any atom is -0.477 e. The first-order valence-electron chi connectivity index (χ1n) is 7.87. The number of fused-ring (bicyclic) bond motifs is 1. The number of aromatic carboxylic acids is 1. The average Bonchev–Trinajstić information content (AvgIpc) is 2.98. The Morgan fingerprint density at radius 3 is 2.44 bits per heavy atom. The third kappa shape index (κ3) is 3.32. The summed E-state index contributed by atoms with van der Waals surface area (Å²) in [6.07, 6.45) is 6.33. The number of carboxylic acids is 1. The molecule has 27 heavy (non-hydrogen) atoms. The van der Waals surface area contributed by atoms with Gasteiger partial charge in [-0.05, 0) is 36.4 Å². The molecule has 3 rings (SSSR count). The summed E-state index contributed by atoms with van der Waals surface area (Å²) in [4.78, 5) is 40.0. The first kappa shape index (κ1) is 18.0. The van der Waals surface area contributed by atoms with E-state index in [1.807, 2.05) is 0 Å². The molecule has 0 amide bonds. The van der Waals surface area contributed by atoms with Crippen LogP contribution in [0.1, 0.15) is 10.5 Å². The Kier molecular flexibility index (Phi) is 4.80. The number of rotatable bonds is 4. The molecule has 0 fully saturated rings. The van der Waals surface area contributed by atoms with Crippen LogP contribution in [0.2, 0.25) is 0 Å². The molecule has 2 heterocycles. The molecule has 0 spiro atoms.